The number of nitrogens with one attached hydrogen (secondary N) is 2. The Morgan fingerprint density at radius 2 is 1.52 bits per heavy atom. The first-order chi connectivity index (χ1) is 10.8. The van der Waals surface area contributed by atoms with Crippen molar-refractivity contribution in [1.29, 1.82) is 0 Å². The highest BCUT2D eigenvalue weighted by Gasteiger charge is 2.29. The summed E-state index contributed by atoms with van der Waals surface area (Å²) in [4.78, 5) is 23.4. The van der Waals surface area contributed by atoms with Crippen molar-refractivity contribution >= 4 is 29.4 Å². The van der Waals surface area contributed by atoms with E-state index >= 15 is 0 Å². The molecule has 8 heteroatoms. The third kappa shape index (κ3) is 5.67. The van der Waals surface area contributed by atoms with Gasteiger partial charge in [-0.2, -0.15) is 13.2 Å². The lowest BCUT2D eigenvalue weighted by Crippen LogP contribution is -2.34. The third-order valence-electron chi connectivity index (χ3n) is 2.61. The number of anilines is 1. The fourth-order valence-electron chi connectivity index (χ4n) is 1.67. The minimum Gasteiger partial charge on any atom is -0.308 e. The molecule has 0 aliphatic carbocycles. The molecule has 0 saturated heterocycles. The van der Waals surface area contributed by atoms with E-state index in [1.165, 1.54) is 24.3 Å². The number of benzene rings is 2. The van der Waals surface area contributed by atoms with Crippen molar-refractivity contribution in [2.75, 3.05) is 5.32 Å². The highest BCUT2D eigenvalue weighted by Crippen LogP contribution is 2.36. The summed E-state index contributed by atoms with van der Waals surface area (Å²) in [5, 5.41) is 4.49. The van der Waals surface area contributed by atoms with Gasteiger partial charge in [-0.1, -0.05) is 18.2 Å². The molecule has 2 N–H and O–H groups in total. The lowest BCUT2D eigenvalue weighted by molar-refractivity contribution is -0.0328. The fraction of sp³-hybridized carbons (Fsp3) is 0.0667. The van der Waals surface area contributed by atoms with Gasteiger partial charge in [0.05, 0.1) is 0 Å². The van der Waals surface area contributed by atoms with Crippen molar-refractivity contribution in [2.45, 2.75) is 10.4 Å². The van der Waals surface area contributed by atoms with E-state index in [-0.39, 0.29) is 22.3 Å². The topological polar surface area (TPSA) is 58.2 Å². The Bertz CT molecular complexity index is 688. The van der Waals surface area contributed by atoms with Crippen LogP contribution >= 0.6 is 11.8 Å². The number of thioether (sulfide) groups is 1. The van der Waals surface area contributed by atoms with E-state index in [0.29, 0.717) is 5.56 Å². The number of carbonyl (C=O) groups excluding carboxylic acids is 2. The zero-order valence-corrected chi connectivity index (χ0v) is 12.4. The molecule has 0 bridgehead atoms. The molecule has 0 unspecified atom stereocenters. The number of carbonyl (C=O) groups is 2. The number of amides is 3. The quantitative estimate of drug-likeness (QED) is 0.821. The molecular weight excluding hydrogens is 329 g/mol. The van der Waals surface area contributed by atoms with E-state index in [0.717, 1.165) is 0 Å². The maximum absolute atomic E-state index is 12.2. The van der Waals surface area contributed by atoms with Crippen LogP contribution in [-0.2, 0) is 0 Å². The van der Waals surface area contributed by atoms with Crippen molar-refractivity contribution in [3.63, 3.8) is 0 Å². The molecule has 0 spiro atoms. The molecule has 0 aromatic heterocycles. The molecule has 0 saturated carbocycles. The summed E-state index contributed by atoms with van der Waals surface area (Å²) >= 11 is -0.246. The molecule has 3 amide bonds. The number of hydrogen-bond donors (Lipinski definition) is 2. The Labute approximate surface area is 134 Å². The number of rotatable bonds is 3. The molecular formula is C15H11F3N2O2S. The maximum atomic E-state index is 12.2. The predicted octanol–water partition coefficient (Wildman–Crippen LogP) is 4.26. The molecule has 0 radical (unpaired) electrons. The summed E-state index contributed by atoms with van der Waals surface area (Å²) in [6.45, 7) is 0. The van der Waals surface area contributed by atoms with Gasteiger partial charge in [0.15, 0.2) is 0 Å². The number of imide groups is 1. The monoisotopic (exact) mass is 340 g/mol. The Morgan fingerprint density at radius 1 is 0.913 bits per heavy atom. The van der Waals surface area contributed by atoms with E-state index in [1.807, 2.05) is 0 Å². The molecule has 0 fully saturated rings. The van der Waals surface area contributed by atoms with E-state index < -0.39 is 17.4 Å². The van der Waals surface area contributed by atoms with Crippen LogP contribution in [0.4, 0.5) is 23.7 Å². The van der Waals surface area contributed by atoms with Crippen molar-refractivity contribution in [1.82, 2.24) is 5.32 Å². The van der Waals surface area contributed by atoms with Crippen LogP contribution in [-0.4, -0.2) is 17.4 Å². The fourth-order valence-corrected chi connectivity index (χ4v) is 2.21. The Hall–Kier alpha value is -2.48. The molecule has 23 heavy (non-hydrogen) atoms. The van der Waals surface area contributed by atoms with E-state index in [2.05, 4.69) is 10.6 Å². The van der Waals surface area contributed by atoms with Gasteiger partial charge in [-0.3, -0.25) is 10.1 Å². The van der Waals surface area contributed by atoms with Gasteiger partial charge in [0, 0.05) is 16.1 Å². The summed E-state index contributed by atoms with van der Waals surface area (Å²) < 4.78 is 36.6. The summed E-state index contributed by atoms with van der Waals surface area (Å²) in [6.07, 6.45) is 0. The first kappa shape index (κ1) is 16.9. The van der Waals surface area contributed by atoms with Gasteiger partial charge >= 0.3 is 11.5 Å². The molecule has 2 aromatic carbocycles. The standard InChI is InChI=1S/C15H11F3N2O2S/c16-15(17,18)23-12-8-6-11(7-9-12)19-14(22)20-13(21)10-4-2-1-3-5-10/h1-9H,(H2,19,20,21,22). The summed E-state index contributed by atoms with van der Waals surface area (Å²) in [6, 6.07) is 12.5. The molecule has 2 aromatic rings. The summed E-state index contributed by atoms with van der Waals surface area (Å²) in [5.74, 6) is -0.577. The van der Waals surface area contributed by atoms with Crippen LogP contribution in [0.5, 0.6) is 0 Å². The molecule has 0 heterocycles. The van der Waals surface area contributed by atoms with Gasteiger partial charge in [0.1, 0.15) is 0 Å². The number of urea groups is 1. The molecule has 120 valence electrons. The lowest BCUT2D eigenvalue weighted by atomic mass is 10.2. The van der Waals surface area contributed by atoms with Gasteiger partial charge in [-0.05, 0) is 48.2 Å². The van der Waals surface area contributed by atoms with Crippen LogP contribution in [0.1, 0.15) is 10.4 Å². The average molecular weight is 340 g/mol. The van der Waals surface area contributed by atoms with Crippen molar-refractivity contribution in [3.8, 4) is 0 Å². The first-order valence-corrected chi connectivity index (χ1v) is 7.18. The third-order valence-corrected chi connectivity index (χ3v) is 3.35. The largest absolute Gasteiger partial charge is 0.446 e. The molecule has 0 aliphatic rings. The highest BCUT2D eigenvalue weighted by molar-refractivity contribution is 8.00. The SMILES string of the molecule is O=C(NC(=O)c1ccccc1)Nc1ccc(SC(F)(F)F)cc1. The summed E-state index contributed by atoms with van der Waals surface area (Å²) in [7, 11) is 0. The number of hydrogen-bond acceptors (Lipinski definition) is 3. The van der Waals surface area contributed by atoms with Crippen molar-refractivity contribution in [3.05, 3.63) is 60.2 Å². The Kier molecular flexibility index (Phi) is 5.28. The van der Waals surface area contributed by atoms with Gasteiger partial charge in [-0.15, -0.1) is 0 Å². The molecule has 2 rings (SSSR count). The lowest BCUT2D eigenvalue weighted by Gasteiger charge is -2.08. The van der Waals surface area contributed by atoms with Crippen LogP contribution in [0.15, 0.2) is 59.5 Å². The van der Waals surface area contributed by atoms with Gasteiger partial charge in [0.2, 0.25) is 0 Å². The molecule has 4 nitrogen and oxygen atoms in total. The Morgan fingerprint density at radius 3 is 2.09 bits per heavy atom. The van der Waals surface area contributed by atoms with E-state index in [9.17, 15) is 22.8 Å². The Balaban J connectivity index is 1.91. The van der Waals surface area contributed by atoms with Gasteiger partial charge in [0.25, 0.3) is 5.91 Å². The number of halogens is 3. The minimum atomic E-state index is -4.37. The van der Waals surface area contributed by atoms with Crippen LogP contribution in [0.3, 0.4) is 0 Å². The first-order valence-electron chi connectivity index (χ1n) is 6.37. The van der Waals surface area contributed by atoms with E-state index in [1.54, 1.807) is 30.3 Å². The van der Waals surface area contributed by atoms with Crippen LogP contribution in [0.2, 0.25) is 0 Å². The second-order valence-corrected chi connectivity index (χ2v) is 5.48. The number of alkyl halides is 3. The van der Waals surface area contributed by atoms with Crippen molar-refractivity contribution < 1.29 is 22.8 Å². The van der Waals surface area contributed by atoms with Crippen molar-refractivity contribution in [2.24, 2.45) is 0 Å². The average Bonchev–Trinajstić information content (AvgIpc) is 2.48. The molecule has 0 aliphatic heterocycles. The van der Waals surface area contributed by atoms with Gasteiger partial charge < -0.3 is 5.32 Å². The zero-order valence-electron chi connectivity index (χ0n) is 11.6. The van der Waals surface area contributed by atoms with Crippen LogP contribution in [0, 0.1) is 0 Å². The normalized spacial score (nSPS) is 10.9. The predicted molar refractivity (Wildman–Crippen MR) is 81.3 cm³/mol. The minimum absolute atomic E-state index is 0.00354. The van der Waals surface area contributed by atoms with Gasteiger partial charge in [-0.25, -0.2) is 4.79 Å². The van der Waals surface area contributed by atoms with Crippen LogP contribution < -0.4 is 10.6 Å². The molecule has 0 atom stereocenters. The smallest absolute Gasteiger partial charge is 0.308 e. The van der Waals surface area contributed by atoms with Crippen LogP contribution in [0.25, 0.3) is 0 Å². The second-order valence-electron chi connectivity index (χ2n) is 4.35. The zero-order chi connectivity index (χ0) is 16.9. The summed E-state index contributed by atoms with van der Waals surface area (Å²) in [5.41, 5.74) is -3.77. The second kappa shape index (κ2) is 7.19. The maximum Gasteiger partial charge on any atom is 0.446 e. The van der Waals surface area contributed by atoms with E-state index in [4.69, 9.17) is 0 Å². The highest BCUT2D eigenvalue weighted by atomic mass is 32.2.